The molecule has 194 valence electrons. The predicted octanol–water partition coefficient (Wildman–Crippen LogP) is 6.63. The van der Waals surface area contributed by atoms with E-state index < -0.39 is 29.4 Å². The summed E-state index contributed by atoms with van der Waals surface area (Å²) in [6.07, 6.45) is -1.20. The average molecular weight is 513 g/mol. The first kappa shape index (κ1) is 26.1. The summed E-state index contributed by atoms with van der Waals surface area (Å²) in [6.45, 7) is 5.34. The van der Waals surface area contributed by atoms with Crippen molar-refractivity contribution in [2.75, 3.05) is 0 Å². The number of aromatic nitrogens is 3. The number of hydrogen-bond donors (Lipinski definition) is 1. The molecule has 7 nitrogen and oxygen atoms in total. The van der Waals surface area contributed by atoms with E-state index in [-0.39, 0.29) is 6.42 Å². The van der Waals surface area contributed by atoms with Gasteiger partial charge in [-0.3, -0.25) is 4.98 Å². The van der Waals surface area contributed by atoms with Crippen molar-refractivity contribution in [2.45, 2.75) is 57.8 Å². The second kappa shape index (κ2) is 10.2. The highest BCUT2D eigenvalue weighted by Gasteiger charge is 2.34. The van der Waals surface area contributed by atoms with Gasteiger partial charge in [0.15, 0.2) is 0 Å². The molecule has 1 amide bonds. The molecule has 2 heterocycles. The van der Waals surface area contributed by atoms with Crippen LogP contribution in [-0.4, -0.2) is 42.8 Å². The lowest BCUT2D eigenvalue weighted by Gasteiger charge is -2.40. The smallest absolute Gasteiger partial charge is 0.416 e. The number of amides is 1. The van der Waals surface area contributed by atoms with E-state index in [1.165, 1.54) is 17.0 Å². The summed E-state index contributed by atoms with van der Waals surface area (Å²) >= 11 is 0. The van der Waals surface area contributed by atoms with Crippen LogP contribution >= 0.6 is 0 Å². The normalized spacial score (nSPS) is 13.0. The number of halogens is 3. The Morgan fingerprint density at radius 3 is 2.43 bits per heavy atom. The Morgan fingerprint density at radius 1 is 1.05 bits per heavy atom. The fourth-order valence-electron chi connectivity index (χ4n) is 4.40. The molecule has 0 saturated carbocycles. The Labute approximate surface area is 211 Å². The van der Waals surface area contributed by atoms with E-state index in [9.17, 15) is 23.1 Å². The number of benzene rings is 2. The summed E-state index contributed by atoms with van der Waals surface area (Å²) in [5.74, 6) is 0.764. The van der Waals surface area contributed by atoms with Crippen LogP contribution in [0, 0.1) is 0 Å². The Balaban J connectivity index is 1.54. The molecule has 0 aliphatic heterocycles. The van der Waals surface area contributed by atoms with Crippen LogP contribution in [0.25, 0.3) is 22.2 Å². The summed E-state index contributed by atoms with van der Waals surface area (Å²) in [7, 11) is 0. The van der Waals surface area contributed by atoms with E-state index in [2.05, 4.69) is 15.1 Å². The minimum absolute atomic E-state index is 0.238. The summed E-state index contributed by atoms with van der Waals surface area (Å²) in [6, 6.07) is 11.9. The van der Waals surface area contributed by atoms with Crippen molar-refractivity contribution in [1.82, 2.24) is 20.0 Å². The van der Waals surface area contributed by atoms with E-state index in [4.69, 9.17) is 4.52 Å². The molecule has 2 aromatic carbocycles. The van der Waals surface area contributed by atoms with Gasteiger partial charge < -0.3 is 14.5 Å². The summed E-state index contributed by atoms with van der Waals surface area (Å²) in [5.41, 5.74) is -0.105. The summed E-state index contributed by atoms with van der Waals surface area (Å²) in [5, 5.41) is 16.0. The number of alkyl halides is 3. The van der Waals surface area contributed by atoms with Gasteiger partial charge in [-0.25, -0.2) is 4.79 Å². The zero-order valence-electron chi connectivity index (χ0n) is 20.7. The topological polar surface area (TPSA) is 92.4 Å². The maximum absolute atomic E-state index is 13.0. The van der Waals surface area contributed by atoms with Gasteiger partial charge in [0.25, 0.3) is 0 Å². The lowest BCUT2D eigenvalue weighted by atomic mass is 9.95. The molecule has 10 heteroatoms. The summed E-state index contributed by atoms with van der Waals surface area (Å²) < 4.78 is 44.4. The number of carboxylic acid groups (broad SMARTS) is 1. The SMILES string of the molecule is CC(C)(C)N(C(=O)O)[C@H](CCc1nc(-c2ccc3cnccc3c2)no1)Cc1ccc(C(F)(F)F)cc1. The van der Waals surface area contributed by atoms with Crippen molar-refractivity contribution in [3.05, 3.63) is 77.9 Å². The fourth-order valence-corrected chi connectivity index (χ4v) is 4.40. The molecule has 37 heavy (non-hydrogen) atoms. The molecule has 1 atom stereocenters. The zero-order chi connectivity index (χ0) is 26.8. The maximum Gasteiger partial charge on any atom is 0.416 e. The Hall–Kier alpha value is -3.95. The molecule has 0 bridgehead atoms. The molecule has 0 aliphatic carbocycles. The minimum atomic E-state index is -4.44. The number of aryl methyl sites for hydroxylation is 1. The van der Waals surface area contributed by atoms with Crippen LogP contribution in [0.1, 0.15) is 44.2 Å². The number of rotatable bonds is 7. The van der Waals surface area contributed by atoms with Crippen molar-refractivity contribution in [1.29, 1.82) is 0 Å². The molecule has 0 fully saturated rings. The second-order valence-electron chi connectivity index (χ2n) is 9.86. The van der Waals surface area contributed by atoms with Crippen LogP contribution in [-0.2, 0) is 19.0 Å². The molecule has 4 rings (SSSR count). The predicted molar refractivity (Wildman–Crippen MR) is 132 cm³/mol. The van der Waals surface area contributed by atoms with E-state index >= 15 is 0 Å². The molecule has 0 radical (unpaired) electrons. The lowest BCUT2D eigenvalue weighted by Crippen LogP contribution is -2.52. The monoisotopic (exact) mass is 512 g/mol. The van der Waals surface area contributed by atoms with Gasteiger partial charge in [0.2, 0.25) is 11.7 Å². The largest absolute Gasteiger partial charge is 0.465 e. The van der Waals surface area contributed by atoms with Crippen LogP contribution in [0.2, 0.25) is 0 Å². The number of hydrogen-bond acceptors (Lipinski definition) is 5. The van der Waals surface area contributed by atoms with Crippen molar-refractivity contribution in [2.24, 2.45) is 0 Å². The Morgan fingerprint density at radius 2 is 1.78 bits per heavy atom. The molecule has 0 saturated heterocycles. The van der Waals surface area contributed by atoms with E-state index in [0.717, 1.165) is 28.5 Å². The van der Waals surface area contributed by atoms with Crippen molar-refractivity contribution < 1.29 is 27.6 Å². The van der Waals surface area contributed by atoms with Crippen LogP contribution in [0.15, 0.2) is 65.4 Å². The van der Waals surface area contributed by atoms with Crippen molar-refractivity contribution in [3.8, 4) is 11.4 Å². The molecule has 1 N–H and O–H groups in total. The minimum Gasteiger partial charge on any atom is -0.465 e. The molecule has 4 aromatic rings. The first-order valence-electron chi connectivity index (χ1n) is 11.8. The van der Waals surface area contributed by atoms with Crippen LogP contribution < -0.4 is 0 Å². The third-order valence-electron chi connectivity index (χ3n) is 6.10. The molecular formula is C27H27F3N4O3. The van der Waals surface area contributed by atoms with Crippen LogP contribution in [0.3, 0.4) is 0 Å². The standard InChI is InChI=1S/C27H27F3N4O3/c1-26(2,3)34(25(35)36)22(14-17-4-8-21(9-5-17)27(28,29)30)10-11-23-32-24(33-37-23)19-6-7-20-16-31-13-12-18(20)15-19/h4-9,12-13,15-16,22H,10-11,14H2,1-3H3,(H,35,36)/t22-/m1/s1. The van der Waals surface area contributed by atoms with Gasteiger partial charge in [0.1, 0.15) is 0 Å². The van der Waals surface area contributed by atoms with E-state index in [1.54, 1.807) is 33.2 Å². The maximum atomic E-state index is 13.0. The second-order valence-corrected chi connectivity index (χ2v) is 9.86. The molecule has 2 aromatic heterocycles. The quantitative estimate of drug-likeness (QED) is 0.299. The van der Waals surface area contributed by atoms with Crippen molar-refractivity contribution in [3.63, 3.8) is 0 Å². The van der Waals surface area contributed by atoms with E-state index in [0.29, 0.717) is 30.1 Å². The highest BCUT2D eigenvalue weighted by atomic mass is 19.4. The third kappa shape index (κ3) is 6.25. The molecule has 0 aliphatic rings. The van der Waals surface area contributed by atoms with Gasteiger partial charge in [-0.2, -0.15) is 18.2 Å². The Bertz CT molecular complexity index is 1380. The first-order chi connectivity index (χ1) is 17.4. The third-order valence-corrected chi connectivity index (χ3v) is 6.10. The fraction of sp³-hybridized carbons (Fsp3) is 0.333. The van der Waals surface area contributed by atoms with Gasteiger partial charge in [0.05, 0.1) is 5.56 Å². The number of nitrogens with zero attached hydrogens (tertiary/aromatic N) is 4. The highest BCUT2D eigenvalue weighted by Crippen LogP contribution is 2.30. The lowest BCUT2D eigenvalue weighted by molar-refractivity contribution is -0.137. The number of carbonyl (C=O) groups is 1. The number of pyridine rings is 1. The van der Waals surface area contributed by atoms with Crippen LogP contribution in [0.4, 0.5) is 18.0 Å². The first-order valence-corrected chi connectivity index (χ1v) is 11.8. The summed E-state index contributed by atoms with van der Waals surface area (Å²) in [4.78, 5) is 22.1. The number of fused-ring (bicyclic) bond motifs is 1. The van der Waals surface area contributed by atoms with E-state index in [1.807, 2.05) is 24.3 Å². The average Bonchev–Trinajstić information content (AvgIpc) is 3.30. The van der Waals surface area contributed by atoms with Gasteiger partial charge in [-0.05, 0) is 68.8 Å². The molecular weight excluding hydrogens is 485 g/mol. The van der Waals surface area contributed by atoms with Gasteiger partial charge >= 0.3 is 12.3 Å². The van der Waals surface area contributed by atoms with Crippen LogP contribution in [0.5, 0.6) is 0 Å². The van der Waals surface area contributed by atoms with Gasteiger partial charge in [-0.1, -0.05) is 29.4 Å². The van der Waals surface area contributed by atoms with Gasteiger partial charge in [-0.15, -0.1) is 0 Å². The zero-order valence-corrected chi connectivity index (χ0v) is 20.7. The Kier molecular flexibility index (Phi) is 7.20. The van der Waals surface area contributed by atoms with Gasteiger partial charge in [0, 0.05) is 41.3 Å². The molecule has 0 unspecified atom stereocenters. The van der Waals surface area contributed by atoms with Crippen molar-refractivity contribution >= 4 is 16.9 Å². The highest BCUT2D eigenvalue weighted by molar-refractivity contribution is 5.85. The molecule has 0 spiro atoms.